The monoisotopic (exact) mass is 393 g/mol. The topological polar surface area (TPSA) is 70.2 Å². The fourth-order valence-corrected chi connectivity index (χ4v) is 4.01. The summed E-state index contributed by atoms with van der Waals surface area (Å²) in [5.41, 5.74) is 3.29. The van der Waals surface area contributed by atoms with Crippen LogP contribution in [0.2, 0.25) is 0 Å². The SMILES string of the molecule is CNc1cc(CC(NC(=O)CN2CCCC2)c2cccc(C)c2)nc(C2CC2)n1. The summed E-state index contributed by atoms with van der Waals surface area (Å²) in [4.78, 5) is 24.5. The molecule has 1 saturated carbocycles. The lowest BCUT2D eigenvalue weighted by atomic mass is 9.99. The van der Waals surface area contributed by atoms with Gasteiger partial charge in [-0.15, -0.1) is 0 Å². The summed E-state index contributed by atoms with van der Waals surface area (Å²) in [5.74, 6) is 2.36. The number of aromatic nitrogens is 2. The molecule has 1 aliphatic carbocycles. The number of rotatable bonds is 8. The molecule has 154 valence electrons. The molecule has 1 saturated heterocycles. The van der Waals surface area contributed by atoms with Crippen LogP contribution in [0.1, 0.15) is 60.3 Å². The largest absolute Gasteiger partial charge is 0.373 e. The first kappa shape index (κ1) is 19.8. The summed E-state index contributed by atoms with van der Waals surface area (Å²) in [5, 5.41) is 6.43. The number of likely N-dealkylation sites (tertiary alicyclic amines) is 1. The Morgan fingerprint density at radius 2 is 2.00 bits per heavy atom. The van der Waals surface area contributed by atoms with E-state index in [-0.39, 0.29) is 11.9 Å². The Morgan fingerprint density at radius 3 is 2.69 bits per heavy atom. The lowest BCUT2D eigenvalue weighted by molar-refractivity contribution is -0.122. The van der Waals surface area contributed by atoms with Crippen molar-refractivity contribution in [1.82, 2.24) is 20.2 Å². The van der Waals surface area contributed by atoms with Gasteiger partial charge in [0.25, 0.3) is 0 Å². The zero-order valence-corrected chi connectivity index (χ0v) is 17.4. The van der Waals surface area contributed by atoms with Crippen LogP contribution < -0.4 is 10.6 Å². The molecule has 2 aliphatic rings. The number of nitrogens with zero attached hydrogens (tertiary/aromatic N) is 3. The van der Waals surface area contributed by atoms with Crippen molar-refractivity contribution in [2.75, 3.05) is 32.0 Å². The molecule has 1 aromatic carbocycles. The second-order valence-electron chi connectivity index (χ2n) is 8.35. The average molecular weight is 394 g/mol. The molecule has 4 rings (SSSR count). The number of aryl methyl sites for hydroxylation is 1. The second-order valence-corrected chi connectivity index (χ2v) is 8.35. The third-order valence-electron chi connectivity index (χ3n) is 5.75. The van der Waals surface area contributed by atoms with Gasteiger partial charge in [-0.1, -0.05) is 29.8 Å². The molecule has 1 aromatic heterocycles. The number of benzene rings is 1. The van der Waals surface area contributed by atoms with Gasteiger partial charge < -0.3 is 10.6 Å². The quantitative estimate of drug-likeness (QED) is 0.721. The van der Waals surface area contributed by atoms with Gasteiger partial charge in [-0.05, 0) is 51.3 Å². The number of anilines is 1. The van der Waals surface area contributed by atoms with Gasteiger partial charge in [-0.2, -0.15) is 0 Å². The molecule has 1 aliphatic heterocycles. The molecule has 2 N–H and O–H groups in total. The van der Waals surface area contributed by atoms with E-state index >= 15 is 0 Å². The zero-order valence-electron chi connectivity index (χ0n) is 17.4. The number of carbonyl (C=O) groups is 1. The zero-order chi connectivity index (χ0) is 20.2. The lowest BCUT2D eigenvalue weighted by Gasteiger charge is -2.22. The van der Waals surface area contributed by atoms with Crippen molar-refractivity contribution in [2.24, 2.45) is 0 Å². The van der Waals surface area contributed by atoms with E-state index in [2.05, 4.69) is 51.7 Å². The maximum absolute atomic E-state index is 12.8. The smallest absolute Gasteiger partial charge is 0.234 e. The van der Waals surface area contributed by atoms with Crippen molar-refractivity contribution in [3.8, 4) is 0 Å². The van der Waals surface area contributed by atoms with Gasteiger partial charge in [0.15, 0.2) is 0 Å². The van der Waals surface area contributed by atoms with Crippen LogP contribution in [0, 0.1) is 6.92 Å². The van der Waals surface area contributed by atoms with E-state index in [0.717, 1.165) is 36.0 Å². The molecule has 6 nitrogen and oxygen atoms in total. The van der Waals surface area contributed by atoms with Gasteiger partial charge in [0.05, 0.1) is 12.6 Å². The highest BCUT2D eigenvalue weighted by molar-refractivity contribution is 5.78. The van der Waals surface area contributed by atoms with Crippen molar-refractivity contribution >= 4 is 11.7 Å². The Morgan fingerprint density at radius 1 is 1.21 bits per heavy atom. The molecule has 0 spiro atoms. The highest BCUT2D eigenvalue weighted by atomic mass is 16.2. The molecule has 1 unspecified atom stereocenters. The maximum atomic E-state index is 12.8. The van der Waals surface area contributed by atoms with Gasteiger partial charge in [0.2, 0.25) is 5.91 Å². The molecular formula is C23H31N5O. The van der Waals surface area contributed by atoms with E-state index in [0.29, 0.717) is 18.9 Å². The van der Waals surface area contributed by atoms with E-state index < -0.39 is 0 Å². The third-order valence-corrected chi connectivity index (χ3v) is 5.75. The number of amides is 1. The standard InChI is InChI=1S/C23H31N5O/c1-16-6-5-7-18(12-16)20(26-22(29)15-28-10-3-4-11-28)13-19-14-21(24-2)27-23(25-19)17-8-9-17/h5-7,12,14,17,20H,3-4,8-11,13,15H2,1-2H3,(H,26,29)(H,24,25,27). The van der Waals surface area contributed by atoms with Crippen molar-refractivity contribution in [2.45, 2.75) is 51.0 Å². The highest BCUT2D eigenvalue weighted by Crippen LogP contribution is 2.38. The van der Waals surface area contributed by atoms with Crippen molar-refractivity contribution in [3.63, 3.8) is 0 Å². The van der Waals surface area contributed by atoms with Crippen LogP contribution in [0.25, 0.3) is 0 Å². The minimum Gasteiger partial charge on any atom is -0.373 e. The van der Waals surface area contributed by atoms with Gasteiger partial charge in [-0.25, -0.2) is 9.97 Å². The first-order chi connectivity index (χ1) is 14.1. The summed E-state index contributed by atoms with van der Waals surface area (Å²) in [6, 6.07) is 10.3. The molecule has 2 aromatic rings. The van der Waals surface area contributed by atoms with Crippen LogP contribution >= 0.6 is 0 Å². The van der Waals surface area contributed by atoms with Crippen LogP contribution in [0.4, 0.5) is 5.82 Å². The van der Waals surface area contributed by atoms with Crippen molar-refractivity contribution in [1.29, 1.82) is 0 Å². The molecule has 0 bridgehead atoms. The van der Waals surface area contributed by atoms with E-state index in [1.165, 1.54) is 31.2 Å². The maximum Gasteiger partial charge on any atom is 0.234 e. The minimum atomic E-state index is -0.100. The lowest BCUT2D eigenvalue weighted by Crippen LogP contribution is -2.38. The molecule has 29 heavy (non-hydrogen) atoms. The average Bonchev–Trinajstić information content (AvgIpc) is 3.45. The third kappa shape index (κ3) is 5.32. The molecule has 1 amide bonds. The van der Waals surface area contributed by atoms with Gasteiger partial charge in [0.1, 0.15) is 11.6 Å². The fraction of sp³-hybridized carbons (Fsp3) is 0.522. The van der Waals surface area contributed by atoms with E-state index in [1.54, 1.807) is 0 Å². The number of hydrogen-bond donors (Lipinski definition) is 2. The highest BCUT2D eigenvalue weighted by Gasteiger charge is 2.28. The predicted molar refractivity (Wildman–Crippen MR) is 115 cm³/mol. The molecule has 2 fully saturated rings. The van der Waals surface area contributed by atoms with Crippen LogP contribution in [0.5, 0.6) is 0 Å². The van der Waals surface area contributed by atoms with E-state index in [4.69, 9.17) is 4.98 Å². The molecule has 0 radical (unpaired) electrons. The Bertz CT molecular complexity index is 858. The molecule has 2 heterocycles. The Balaban J connectivity index is 1.55. The first-order valence-electron chi connectivity index (χ1n) is 10.7. The van der Waals surface area contributed by atoms with Crippen LogP contribution in [-0.4, -0.2) is 47.5 Å². The molecule has 6 heteroatoms. The number of carbonyl (C=O) groups excluding carboxylic acids is 1. The van der Waals surface area contributed by atoms with E-state index in [1.807, 2.05) is 13.1 Å². The van der Waals surface area contributed by atoms with Gasteiger partial charge in [-0.3, -0.25) is 9.69 Å². The number of nitrogens with one attached hydrogen (secondary N) is 2. The summed E-state index contributed by atoms with van der Waals surface area (Å²) in [6.07, 6.45) is 5.37. The van der Waals surface area contributed by atoms with Crippen LogP contribution in [-0.2, 0) is 11.2 Å². The summed E-state index contributed by atoms with van der Waals surface area (Å²) >= 11 is 0. The Kier molecular flexibility index (Phi) is 6.09. The predicted octanol–water partition coefficient (Wildman–Crippen LogP) is 3.20. The Hall–Kier alpha value is -2.47. The van der Waals surface area contributed by atoms with Crippen LogP contribution in [0.15, 0.2) is 30.3 Å². The van der Waals surface area contributed by atoms with Crippen molar-refractivity contribution in [3.05, 3.63) is 53.0 Å². The van der Waals surface area contributed by atoms with E-state index in [9.17, 15) is 4.79 Å². The fourth-order valence-electron chi connectivity index (χ4n) is 4.01. The minimum absolute atomic E-state index is 0.0868. The van der Waals surface area contributed by atoms with Gasteiger partial charge in [0, 0.05) is 31.1 Å². The number of hydrogen-bond acceptors (Lipinski definition) is 5. The summed E-state index contributed by atoms with van der Waals surface area (Å²) in [7, 11) is 1.89. The van der Waals surface area contributed by atoms with Crippen molar-refractivity contribution < 1.29 is 4.79 Å². The molecular weight excluding hydrogens is 362 g/mol. The first-order valence-corrected chi connectivity index (χ1v) is 10.7. The Labute approximate surface area is 173 Å². The van der Waals surface area contributed by atoms with Crippen LogP contribution in [0.3, 0.4) is 0 Å². The molecule has 1 atom stereocenters. The summed E-state index contributed by atoms with van der Waals surface area (Å²) < 4.78 is 0. The normalized spacial score (nSPS) is 17.9. The van der Waals surface area contributed by atoms with Gasteiger partial charge >= 0.3 is 0 Å². The summed E-state index contributed by atoms with van der Waals surface area (Å²) in [6.45, 7) is 4.60. The second kappa shape index (κ2) is 8.91.